The normalized spacial score (nSPS) is 12.5. The van der Waals surface area contributed by atoms with Crippen molar-refractivity contribution in [2.24, 2.45) is 0 Å². The van der Waals surface area contributed by atoms with Gasteiger partial charge in [0.15, 0.2) is 10.8 Å². The third kappa shape index (κ3) is 5.61. The quantitative estimate of drug-likeness (QED) is 0.224. The minimum Gasteiger partial charge on any atom is -0.493 e. The molecule has 0 unspecified atom stereocenters. The summed E-state index contributed by atoms with van der Waals surface area (Å²) in [5.41, 5.74) is 0.737. The van der Waals surface area contributed by atoms with Crippen molar-refractivity contribution >= 4 is 28.3 Å². The first-order valence-electron chi connectivity index (χ1n) is 11.6. The van der Waals surface area contributed by atoms with E-state index in [1.54, 1.807) is 31.2 Å². The summed E-state index contributed by atoms with van der Waals surface area (Å²) >= 11 is 1.03. The van der Waals surface area contributed by atoms with Gasteiger partial charge in [-0.2, -0.15) is 0 Å². The fraction of sp³-hybridized carbons (Fsp3) is 0.231. The average molecular weight is 539 g/mol. The van der Waals surface area contributed by atoms with Crippen LogP contribution >= 0.6 is 11.3 Å². The van der Waals surface area contributed by atoms with Crippen LogP contribution < -0.4 is 15.7 Å². The van der Waals surface area contributed by atoms with Crippen LogP contribution in [-0.4, -0.2) is 56.9 Å². The first-order chi connectivity index (χ1) is 18.3. The summed E-state index contributed by atoms with van der Waals surface area (Å²) in [7, 11) is 1.23. The van der Waals surface area contributed by atoms with Crippen LogP contribution in [0.2, 0.25) is 0 Å². The SMILES string of the molecule is COC(=O)c1csc(NC(=O)[C@H]([C@@H](C)c2ccccc2)n2c(O)c(-c3ccc(OCCO)cc3)[nH]c2=O)n1. The number of rotatable bonds is 10. The number of amides is 1. The van der Waals surface area contributed by atoms with Gasteiger partial charge in [0.1, 0.15) is 24.1 Å². The van der Waals surface area contributed by atoms with E-state index in [0.717, 1.165) is 21.5 Å². The number of carbonyl (C=O) groups excluding carboxylic acids is 2. The van der Waals surface area contributed by atoms with Crippen LogP contribution in [0.25, 0.3) is 11.3 Å². The molecule has 2 atom stereocenters. The van der Waals surface area contributed by atoms with Crippen LogP contribution in [0.4, 0.5) is 5.13 Å². The number of carbonyl (C=O) groups is 2. The molecule has 2 aromatic heterocycles. The van der Waals surface area contributed by atoms with Crippen molar-refractivity contribution in [1.29, 1.82) is 0 Å². The minimum atomic E-state index is -1.17. The van der Waals surface area contributed by atoms with E-state index in [4.69, 9.17) is 9.84 Å². The van der Waals surface area contributed by atoms with Crippen LogP contribution in [0.15, 0.2) is 64.8 Å². The molecular weight excluding hydrogens is 512 g/mol. The van der Waals surface area contributed by atoms with Crippen molar-refractivity contribution in [3.05, 3.63) is 81.7 Å². The predicted molar refractivity (Wildman–Crippen MR) is 141 cm³/mol. The van der Waals surface area contributed by atoms with Gasteiger partial charge in [0, 0.05) is 16.9 Å². The van der Waals surface area contributed by atoms with Gasteiger partial charge in [0.05, 0.1) is 13.7 Å². The lowest BCUT2D eigenvalue weighted by molar-refractivity contribution is -0.120. The molecule has 0 fully saturated rings. The van der Waals surface area contributed by atoms with Gasteiger partial charge in [-0.1, -0.05) is 37.3 Å². The molecule has 0 aliphatic heterocycles. The van der Waals surface area contributed by atoms with Crippen molar-refractivity contribution in [2.45, 2.75) is 18.9 Å². The number of imidazole rings is 1. The second-order valence-electron chi connectivity index (χ2n) is 8.26. The molecule has 0 aliphatic rings. The maximum Gasteiger partial charge on any atom is 0.357 e. The van der Waals surface area contributed by atoms with Crippen LogP contribution in [0, 0.1) is 0 Å². The number of hydrogen-bond donors (Lipinski definition) is 4. The fourth-order valence-corrected chi connectivity index (χ4v) is 4.68. The van der Waals surface area contributed by atoms with Crippen LogP contribution in [-0.2, 0) is 9.53 Å². The number of ether oxygens (including phenoxy) is 2. The summed E-state index contributed by atoms with van der Waals surface area (Å²) in [6.07, 6.45) is 0. The molecule has 12 heteroatoms. The first kappa shape index (κ1) is 26.6. The van der Waals surface area contributed by atoms with E-state index >= 15 is 0 Å². The molecule has 198 valence electrons. The Hall–Kier alpha value is -4.42. The number of nitrogens with zero attached hydrogens (tertiary/aromatic N) is 2. The molecule has 1 amide bonds. The molecule has 2 aromatic carbocycles. The summed E-state index contributed by atoms with van der Waals surface area (Å²) in [4.78, 5) is 45.2. The monoisotopic (exact) mass is 538 g/mol. The highest BCUT2D eigenvalue weighted by Crippen LogP contribution is 2.35. The minimum absolute atomic E-state index is 0.0378. The predicted octanol–water partition coefficient (Wildman–Crippen LogP) is 3.15. The van der Waals surface area contributed by atoms with E-state index in [1.165, 1.54) is 12.5 Å². The average Bonchev–Trinajstić information content (AvgIpc) is 3.52. The smallest absolute Gasteiger partial charge is 0.357 e. The molecule has 0 radical (unpaired) electrons. The maximum atomic E-state index is 13.6. The van der Waals surface area contributed by atoms with Crippen molar-refractivity contribution < 1.29 is 29.3 Å². The van der Waals surface area contributed by atoms with Crippen LogP contribution in [0.3, 0.4) is 0 Å². The number of aromatic nitrogens is 3. The second kappa shape index (κ2) is 11.8. The highest BCUT2D eigenvalue weighted by atomic mass is 32.1. The topological polar surface area (TPSA) is 156 Å². The van der Waals surface area contributed by atoms with Gasteiger partial charge in [-0.3, -0.25) is 4.79 Å². The highest BCUT2D eigenvalue weighted by molar-refractivity contribution is 7.14. The van der Waals surface area contributed by atoms with Gasteiger partial charge < -0.3 is 30.0 Å². The number of benzene rings is 2. The molecule has 11 nitrogen and oxygen atoms in total. The van der Waals surface area contributed by atoms with Gasteiger partial charge in [-0.05, 0) is 29.8 Å². The number of hydrogen-bond acceptors (Lipinski definition) is 9. The molecule has 38 heavy (non-hydrogen) atoms. The summed E-state index contributed by atoms with van der Waals surface area (Å²) in [6.45, 7) is 1.77. The Labute approximate surface area is 221 Å². The van der Waals surface area contributed by atoms with Crippen LogP contribution in [0.1, 0.15) is 34.9 Å². The lowest BCUT2D eigenvalue weighted by atomic mass is 9.92. The Bertz CT molecular complexity index is 1460. The number of aliphatic hydroxyl groups is 1. The Morgan fingerprint density at radius 2 is 1.87 bits per heavy atom. The molecular formula is C26H26N4O7S. The molecule has 2 heterocycles. The largest absolute Gasteiger partial charge is 0.493 e. The van der Waals surface area contributed by atoms with Crippen molar-refractivity contribution in [3.63, 3.8) is 0 Å². The Balaban J connectivity index is 1.71. The Kier molecular flexibility index (Phi) is 8.24. The van der Waals surface area contributed by atoms with Gasteiger partial charge >= 0.3 is 11.7 Å². The second-order valence-corrected chi connectivity index (χ2v) is 9.12. The molecule has 0 aliphatic carbocycles. The van der Waals surface area contributed by atoms with Crippen molar-refractivity contribution in [2.75, 3.05) is 25.6 Å². The molecule has 4 aromatic rings. The summed E-state index contributed by atoms with van der Waals surface area (Å²) < 4.78 is 11.0. The van der Waals surface area contributed by atoms with E-state index in [-0.39, 0.29) is 29.7 Å². The number of anilines is 1. The fourth-order valence-electron chi connectivity index (χ4n) is 4.00. The van der Waals surface area contributed by atoms with Crippen LogP contribution in [0.5, 0.6) is 11.6 Å². The first-order valence-corrected chi connectivity index (χ1v) is 12.5. The lowest BCUT2D eigenvalue weighted by Gasteiger charge is -2.24. The third-order valence-corrected chi connectivity index (χ3v) is 6.64. The standard InChI is InChI=1S/C26H26N4O7S/c1-15(16-6-4-3-5-7-16)21(22(32)29-25-27-19(14-38-25)24(34)36-2)30-23(33)20(28-26(30)35)17-8-10-18(11-9-17)37-13-12-31/h3-11,14-15,21,31,33H,12-13H2,1-2H3,(H,28,35)(H,27,29,32)/t15-,21-/m0/s1. The number of thiazole rings is 1. The van der Waals surface area contributed by atoms with E-state index in [2.05, 4.69) is 20.0 Å². The zero-order valence-corrected chi connectivity index (χ0v) is 21.4. The van der Waals surface area contributed by atoms with E-state index < -0.39 is 35.4 Å². The summed E-state index contributed by atoms with van der Waals surface area (Å²) in [6, 6.07) is 14.5. The summed E-state index contributed by atoms with van der Waals surface area (Å²) in [5.74, 6) is -1.71. The van der Waals surface area contributed by atoms with E-state index in [0.29, 0.717) is 11.3 Å². The van der Waals surface area contributed by atoms with E-state index in [9.17, 15) is 19.5 Å². The number of nitrogens with one attached hydrogen (secondary N) is 2. The molecule has 0 saturated heterocycles. The molecule has 4 N–H and O–H groups in total. The Morgan fingerprint density at radius 1 is 1.16 bits per heavy atom. The Morgan fingerprint density at radius 3 is 2.53 bits per heavy atom. The van der Waals surface area contributed by atoms with Gasteiger partial charge in [-0.25, -0.2) is 19.1 Å². The number of aromatic amines is 1. The van der Waals surface area contributed by atoms with Crippen molar-refractivity contribution in [3.8, 4) is 22.9 Å². The van der Waals surface area contributed by atoms with Gasteiger partial charge in [0.2, 0.25) is 11.8 Å². The van der Waals surface area contributed by atoms with Gasteiger partial charge in [0.25, 0.3) is 0 Å². The molecule has 0 spiro atoms. The summed E-state index contributed by atoms with van der Waals surface area (Å²) in [5, 5.41) is 24.4. The maximum absolute atomic E-state index is 13.6. The number of aliphatic hydroxyl groups excluding tert-OH is 1. The zero-order valence-electron chi connectivity index (χ0n) is 20.6. The number of methoxy groups -OCH3 is 1. The van der Waals surface area contributed by atoms with E-state index in [1.807, 2.05) is 30.3 Å². The lowest BCUT2D eigenvalue weighted by Crippen LogP contribution is -2.35. The molecule has 0 bridgehead atoms. The van der Waals surface area contributed by atoms with Gasteiger partial charge in [-0.15, -0.1) is 11.3 Å². The molecule has 4 rings (SSSR count). The highest BCUT2D eigenvalue weighted by Gasteiger charge is 2.34. The zero-order chi connectivity index (χ0) is 27.2. The molecule has 0 saturated carbocycles. The number of aromatic hydroxyl groups is 1. The third-order valence-electron chi connectivity index (χ3n) is 5.88. The number of H-pyrrole nitrogens is 1. The number of esters is 1. The van der Waals surface area contributed by atoms with Crippen molar-refractivity contribution in [1.82, 2.24) is 14.5 Å².